The zero-order valence-electron chi connectivity index (χ0n) is 9.56. The van der Waals surface area contributed by atoms with Crippen molar-refractivity contribution in [1.82, 2.24) is 4.90 Å². The summed E-state index contributed by atoms with van der Waals surface area (Å²) in [4.78, 5) is 2.40. The molecule has 3 nitrogen and oxygen atoms in total. The van der Waals surface area contributed by atoms with Gasteiger partial charge < -0.3 is 10.5 Å². The van der Waals surface area contributed by atoms with E-state index < -0.39 is 0 Å². The number of nitrogens with two attached hydrogens (primary N) is 1. The fourth-order valence-electron chi connectivity index (χ4n) is 2.00. The topological polar surface area (TPSA) is 38.5 Å². The molecule has 1 aromatic carbocycles. The van der Waals surface area contributed by atoms with Crippen LogP contribution in [0.25, 0.3) is 0 Å². The van der Waals surface area contributed by atoms with E-state index in [9.17, 15) is 0 Å². The second-order valence-electron chi connectivity index (χ2n) is 4.13. The smallest absolute Gasteiger partial charge is 0.118 e. The molecule has 0 spiro atoms. The molecule has 1 aromatic rings. The van der Waals surface area contributed by atoms with Gasteiger partial charge in [0, 0.05) is 25.7 Å². The number of likely N-dealkylation sites (tertiary alicyclic amines) is 1. The highest BCUT2D eigenvalue weighted by molar-refractivity contribution is 5.85. The number of halogens is 1. The quantitative estimate of drug-likeness (QED) is 0.876. The fourth-order valence-corrected chi connectivity index (χ4v) is 2.00. The van der Waals surface area contributed by atoms with Gasteiger partial charge in [-0.05, 0) is 24.1 Å². The summed E-state index contributed by atoms with van der Waals surface area (Å²) in [5.74, 6) is 0.914. The van der Waals surface area contributed by atoms with E-state index in [1.165, 1.54) is 5.56 Å². The molecule has 1 aliphatic heterocycles. The van der Waals surface area contributed by atoms with E-state index in [2.05, 4.69) is 17.0 Å². The lowest BCUT2D eigenvalue weighted by Crippen LogP contribution is -2.26. The predicted octanol–water partition coefficient (Wildman–Crippen LogP) is 1.65. The number of ether oxygens (including phenoxy) is 1. The molecule has 2 rings (SSSR count). The van der Waals surface area contributed by atoms with Crippen molar-refractivity contribution in [2.75, 3.05) is 20.2 Å². The standard InChI is InChI=1S/C12H18N2O.ClH/c1-15-12-4-2-10(3-5-12)8-14-7-6-11(13)9-14;/h2-5,11H,6-9,13H2,1H3;1H/t11-;/m0./s1. The van der Waals surface area contributed by atoms with Gasteiger partial charge in [-0.1, -0.05) is 12.1 Å². The van der Waals surface area contributed by atoms with Gasteiger partial charge in [-0.15, -0.1) is 12.4 Å². The third kappa shape index (κ3) is 3.37. The molecule has 16 heavy (non-hydrogen) atoms. The maximum absolute atomic E-state index is 5.86. The van der Waals surface area contributed by atoms with Crippen LogP contribution in [0.4, 0.5) is 0 Å². The second-order valence-corrected chi connectivity index (χ2v) is 4.13. The van der Waals surface area contributed by atoms with Crippen LogP contribution in [0.1, 0.15) is 12.0 Å². The van der Waals surface area contributed by atoms with E-state index in [0.29, 0.717) is 6.04 Å². The second kappa shape index (κ2) is 6.09. The zero-order chi connectivity index (χ0) is 10.7. The molecule has 0 amide bonds. The largest absolute Gasteiger partial charge is 0.497 e. The normalized spacial score (nSPS) is 20.5. The molecule has 0 saturated carbocycles. The Hall–Kier alpha value is -0.770. The molecule has 0 aromatic heterocycles. The van der Waals surface area contributed by atoms with Gasteiger partial charge in [0.05, 0.1) is 7.11 Å². The molecule has 1 atom stereocenters. The Labute approximate surface area is 103 Å². The average molecular weight is 243 g/mol. The predicted molar refractivity (Wildman–Crippen MR) is 68.1 cm³/mol. The molecule has 1 heterocycles. The summed E-state index contributed by atoms with van der Waals surface area (Å²) in [6, 6.07) is 8.60. The van der Waals surface area contributed by atoms with Gasteiger partial charge in [0.2, 0.25) is 0 Å². The minimum Gasteiger partial charge on any atom is -0.497 e. The summed E-state index contributed by atoms with van der Waals surface area (Å²) < 4.78 is 5.12. The zero-order valence-corrected chi connectivity index (χ0v) is 10.4. The monoisotopic (exact) mass is 242 g/mol. The van der Waals surface area contributed by atoms with E-state index in [4.69, 9.17) is 10.5 Å². The summed E-state index contributed by atoms with van der Waals surface area (Å²) in [6.45, 7) is 3.14. The van der Waals surface area contributed by atoms with Gasteiger partial charge in [0.1, 0.15) is 5.75 Å². The number of nitrogens with zero attached hydrogens (tertiary/aromatic N) is 1. The lowest BCUT2D eigenvalue weighted by molar-refractivity contribution is 0.326. The third-order valence-electron chi connectivity index (χ3n) is 2.87. The molecule has 2 N–H and O–H groups in total. The van der Waals surface area contributed by atoms with Crippen molar-refractivity contribution in [3.8, 4) is 5.75 Å². The molecule has 1 fully saturated rings. The molecule has 0 aliphatic carbocycles. The van der Waals surface area contributed by atoms with Crippen LogP contribution in [0.2, 0.25) is 0 Å². The average Bonchev–Trinajstić information content (AvgIpc) is 2.65. The Kier molecular flexibility index (Phi) is 5.06. The highest BCUT2D eigenvalue weighted by atomic mass is 35.5. The van der Waals surface area contributed by atoms with Crippen molar-refractivity contribution < 1.29 is 4.74 Å². The molecule has 1 aliphatic rings. The van der Waals surface area contributed by atoms with Crippen molar-refractivity contribution in [2.45, 2.75) is 19.0 Å². The molecular formula is C12H19ClN2O. The lowest BCUT2D eigenvalue weighted by atomic mass is 10.2. The Morgan fingerprint density at radius 3 is 2.56 bits per heavy atom. The molecule has 0 radical (unpaired) electrons. The first kappa shape index (κ1) is 13.3. The van der Waals surface area contributed by atoms with Crippen LogP contribution in [0.15, 0.2) is 24.3 Å². The van der Waals surface area contributed by atoms with Crippen molar-refractivity contribution >= 4 is 12.4 Å². The van der Waals surface area contributed by atoms with Gasteiger partial charge in [-0.3, -0.25) is 4.90 Å². The lowest BCUT2D eigenvalue weighted by Gasteiger charge is -2.15. The number of benzene rings is 1. The Morgan fingerprint density at radius 2 is 2.06 bits per heavy atom. The van der Waals surface area contributed by atoms with E-state index in [1.54, 1.807) is 7.11 Å². The van der Waals surface area contributed by atoms with Crippen LogP contribution in [-0.4, -0.2) is 31.1 Å². The molecule has 0 bridgehead atoms. The molecule has 90 valence electrons. The van der Waals surface area contributed by atoms with E-state index >= 15 is 0 Å². The minimum atomic E-state index is 0. The molecule has 1 saturated heterocycles. The first-order valence-corrected chi connectivity index (χ1v) is 5.39. The summed E-state index contributed by atoms with van der Waals surface area (Å²) in [7, 11) is 1.69. The summed E-state index contributed by atoms with van der Waals surface area (Å²) in [5, 5.41) is 0. The minimum absolute atomic E-state index is 0. The van der Waals surface area contributed by atoms with Crippen molar-refractivity contribution in [1.29, 1.82) is 0 Å². The van der Waals surface area contributed by atoms with E-state index in [1.807, 2.05) is 12.1 Å². The van der Waals surface area contributed by atoms with Crippen LogP contribution in [-0.2, 0) is 6.54 Å². The highest BCUT2D eigenvalue weighted by Crippen LogP contribution is 2.15. The van der Waals surface area contributed by atoms with Crippen LogP contribution in [0.5, 0.6) is 5.75 Å². The molecular weight excluding hydrogens is 224 g/mol. The van der Waals surface area contributed by atoms with Gasteiger partial charge in [-0.25, -0.2) is 0 Å². The van der Waals surface area contributed by atoms with Crippen molar-refractivity contribution in [3.05, 3.63) is 29.8 Å². The molecule has 4 heteroatoms. The van der Waals surface area contributed by atoms with Crippen LogP contribution >= 0.6 is 12.4 Å². The number of hydrogen-bond donors (Lipinski definition) is 1. The Bertz CT molecular complexity index is 315. The number of methoxy groups -OCH3 is 1. The first-order valence-electron chi connectivity index (χ1n) is 5.39. The van der Waals surface area contributed by atoms with Crippen LogP contribution < -0.4 is 10.5 Å². The number of hydrogen-bond acceptors (Lipinski definition) is 3. The highest BCUT2D eigenvalue weighted by Gasteiger charge is 2.18. The summed E-state index contributed by atoms with van der Waals surface area (Å²) in [6.07, 6.45) is 1.12. The Morgan fingerprint density at radius 1 is 1.38 bits per heavy atom. The van der Waals surface area contributed by atoms with Crippen molar-refractivity contribution in [2.24, 2.45) is 5.73 Å². The third-order valence-corrected chi connectivity index (χ3v) is 2.87. The maximum Gasteiger partial charge on any atom is 0.118 e. The maximum atomic E-state index is 5.86. The van der Waals surface area contributed by atoms with E-state index in [-0.39, 0.29) is 12.4 Å². The van der Waals surface area contributed by atoms with Gasteiger partial charge in [0.25, 0.3) is 0 Å². The Balaban J connectivity index is 0.00000128. The summed E-state index contributed by atoms with van der Waals surface area (Å²) >= 11 is 0. The summed E-state index contributed by atoms with van der Waals surface area (Å²) in [5.41, 5.74) is 7.19. The van der Waals surface area contributed by atoms with Crippen LogP contribution in [0, 0.1) is 0 Å². The van der Waals surface area contributed by atoms with Crippen LogP contribution in [0.3, 0.4) is 0 Å². The van der Waals surface area contributed by atoms with Gasteiger partial charge in [-0.2, -0.15) is 0 Å². The molecule has 0 unspecified atom stereocenters. The van der Waals surface area contributed by atoms with E-state index in [0.717, 1.165) is 31.8 Å². The van der Waals surface area contributed by atoms with Crippen molar-refractivity contribution in [3.63, 3.8) is 0 Å². The van der Waals surface area contributed by atoms with Gasteiger partial charge in [0.15, 0.2) is 0 Å². The SMILES string of the molecule is COc1ccc(CN2CC[C@H](N)C2)cc1.Cl. The number of rotatable bonds is 3. The van der Waals surface area contributed by atoms with Gasteiger partial charge >= 0.3 is 0 Å². The first-order chi connectivity index (χ1) is 7.28. The fraction of sp³-hybridized carbons (Fsp3) is 0.500.